The van der Waals surface area contributed by atoms with E-state index in [9.17, 15) is 14.7 Å². The first-order chi connectivity index (χ1) is 23.4. The first kappa shape index (κ1) is 37.5. The molecule has 5 N–H and O–H groups in total. The zero-order chi connectivity index (χ0) is 35.3. The second-order valence-corrected chi connectivity index (χ2v) is 15.2. The lowest BCUT2D eigenvalue weighted by Crippen LogP contribution is -2.49. The number of nitrogens with two attached hydrogens (primary N) is 1. The minimum Gasteiger partial charge on any atom is -0.480 e. The largest absolute Gasteiger partial charge is 0.480 e. The Morgan fingerprint density at radius 1 is 1.08 bits per heavy atom. The van der Waals surface area contributed by atoms with Gasteiger partial charge in [-0.15, -0.1) is 0 Å². The summed E-state index contributed by atoms with van der Waals surface area (Å²) >= 11 is 19.3. The van der Waals surface area contributed by atoms with Crippen LogP contribution in [0.1, 0.15) is 36.2 Å². The molecule has 14 heteroatoms. The van der Waals surface area contributed by atoms with Gasteiger partial charge in [0.15, 0.2) is 5.54 Å². The number of hydrogen-bond acceptors (Lipinski definition) is 6. The SMILES string of the molecule is CN(C)CCCn1c(C(N)(Cc2ccc(Br)c(Br)c2)C(=O)O)nc2cc(Cl)c(Cl)cc21.O=C1Nc2ccccc2CCN1C1CCNCC1. The van der Waals surface area contributed by atoms with Gasteiger partial charge in [-0.3, -0.25) is 0 Å². The van der Waals surface area contributed by atoms with Crippen LogP contribution in [-0.2, 0) is 29.7 Å². The summed E-state index contributed by atoms with van der Waals surface area (Å²) in [5.41, 5.74) is 9.06. The van der Waals surface area contributed by atoms with Crippen molar-refractivity contribution >= 4 is 83.8 Å². The number of piperidine rings is 1. The van der Waals surface area contributed by atoms with Crippen molar-refractivity contribution < 1.29 is 14.7 Å². The molecule has 2 aliphatic heterocycles. The number of aryl methyl sites for hydroxylation is 1. The summed E-state index contributed by atoms with van der Waals surface area (Å²) in [7, 11) is 3.97. The van der Waals surface area contributed by atoms with Gasteiger partial charge in [0.2, 0.25) is 0 Å². The Kier molecular flexibility index (Phi) is 12.7. The third-order valence-corrected chi connectivity index (χ3v) is 11.5. The summed E-state index contributed by atoms with van der Waals surface area (Å²) in [6.45, 7) is 4.22. The normalized spacial score (nSPS) is 16.4. The number of amides is 2. The number of carboxylic acid groups (broad SMARTS) is 1. The molecule has 0 radical (unpaired) electrons. The molecule has 1 atom stereocenters. The molecule has 1 fully saturated rings. The number of halogens is 4. The van der Waals surface area contributed by atoms with E-state index < -0.39 is 11.5 Å². The Morgan fingerprint density at radius 3 is 2.49 bits per heavy atom. The highest BCUT2D eigenvalue weighted by Gasteiger charge is 2.41. The highest BCUT2D eigenvalue weighted by molar-refractivity contribution is 9.13. The van der Waals surface area contributed by atoms with Crippen LogP contribution in [0.3, 0.4) is 0 Å². The molecule has 3 aromatic carbocycles. The van der Waals surface area contributed by atoms with Crippen LogP contribution < -0.4 is 16.4 Å². The molecule has 1 aromatic heterocycles. The first-order valence-electron chi connectivity index (χ1n) is 16.2. The molecular formula is C35H41Br2Cl2N7O3. The molecule has 2 amide bonds. The van der Waals surface area contributed by atoms with Crippen molar-refractivity contribution in [2.75, 3.05) is 45.6 Å². The van der Waals surface area contributed by atoms with E-state index >= 15 is 0 Å². The second kappa shape index (κ2) is 16.5. The number of aliphatic carboxylic acids is 1. The van der Waals surface area contributed by atoms with Crippen molar-refractivity contribution in [3.8, 4) is 0 Å². The van der Waals surface area contributed by atoms with Crippen molar-refractivity contribution in [1.82, 2.24) is 24.7 Å². The van der Waals surface area contributed by atoms with Crippen LogP contribution in [0, 0.1) is 0 Å². The summed E-state index contributed by atoms with van der Waals surface area (Å²) in [6, 6.07) is 17.4. The summed E-state index contributed by atoms with van der Waals surface area (Å²) < 4.78 is 3.54. The van der Waals surface area contributed by atoms with Crippen molar-refractivity contribution in [1.29, 1.82) is 0 Å². The number of anilines is 1. The molecule has 6 rings (SSSR count). The Labute approximate surface area is 313 Å². The number of nitrogens with zero attached hydrogens (tertiary/aromatic N) is 4. The number of fused-ring (bicyclic) bond motifs is 2. The highest BCUT2D eigenvalue weighted by atomic mass is 79.9. The number of carboxylic acids is 1. The van der Waals surface area contributed by atoms with E-state index in [2.05, 4.69) is 58.4 Å². The summed E-state index contributed by atoms with van der Waals surface area (Å²) in [5, 5.41) is 17.3. The molecule has 4 aromatic rings. The van der Waals surface area contributed by atoms with Crippen LogP contribution in [0.25, 0.3) is 11.0 Å². The number of hydrogen-bond donors (Lipinski definition) is 4. The number of aromatic nitrogens is 2. The van der Waals surface area contributed by atoms with Crippen LogP contribution in [0.5, 0.6) is 0 Å². The summed E-state index contributed by atoms with van der Waals surface area (Å²) in [6.07, 6.45) is 3.91. The highest BCUT2D eigenvalue weighted by Crippen LogP contribution is 2.34. The number of urea groups is 1. The van der Waals surface area contributed by atoms with E-state index in [1.54, 1.807) is 12.1 Å². The number of carbonyl (C=O) groups excluding carboxylic acids is 1. The van der Waals surface area contributed by atoms with Gasteiger partial charge in [-0.2, -0.15) is 0 Å². The third-order valence-electron chi connectivity index (χ3n) is 8.92. The molecule has 2 aliphatic rings. The van der Waals surface area contributed by atoms with Crippen LogP contribution >= 0.6 is 55.1 Å². The van der Waals surface area contributed by atoms with E-state index in [1.807, 2.05) is 60.0 Å². The molecule has 0 saturated carbocycles. The minimum absolute atomic E-state index is 0.0619. The molecule has 1 saturated heterocycles. The van der Waals surface area contributed by atoms with Gasteiger partial charge in [0.25, 0.3) is 0 Å². The first-order valence-corrected chi connectivity index (χ1v) is 18.5. The number of benzene rings is 3. The van der Waals surface area contributed by atoms with E-state index in [0.29, 0.717) is 33.7 Å². The number of carbonyl (C=O) groups is 2. The Hall–Kier alpha value is -2.71. The molecule has 49 heavy (non-hydrogen) atoms. The topological polar surface area (TPSA) is 129 Å². The zero-order valence-corrected chi connectivity index (χ0v) is 32.2. The average molecular weight is 838 g/mol. The van der Waals surface area contributed by atoms with Gasteiger partial charge in [-0.05, 0) is 133 Å². The monoisotopic (exact) mass is 835 g/mol. The lowest BCUT2D eigenvalue weighted by Gasteiger charge is -2.33. The summed E-state index contributed by atoms with van der Waals surface area (Å²) in [4.78, 5) is 33.4. The fourth-order valence-electron chi connectivity index (χ4n) is 6.31. The van der Waals surface area contributed by atoms with Crippen molar-refractivity contribution in [3.63, 3.8) is 0 Å². The number of nitrogens with one attached hydrogen (secondary N) is 2. The van der Waals surface area contributed by atoms with Crippen molar-refractivity contribution in [2.45, 2.75) is 50.2 Å². The third kappa shape index (κ3) is 8.97. The molecular weight excluding hydrogens is 797 g/mol. The summed E-state index contributed by atoms with van der Waals surface area (Å²) in [5.74, 6) is -0.890. The molecule has 10 nitrogen and oxygen atoms in total. The maximum atomic E-state index is 12.5. The number of para-hydroxylation sites is 1. The van der Waals surface area contributed by atoms with Gasteiger partial charge in [0.05, 0.1) is 21.1 Å². The van der Waals surface area contributed by atoms with Gasteiger partial charge >= 0.3 is 12.0 Å². The molecule has 0 aliphatic carbocycles. The zero-order valence-electron chi connectivity index (χ0n) is 27.5. The van der Waals surface area contributed by atoms with Crippen LogP contribution in [0.15, 0.2) is 63.5 Å². The predicted molar refractivity (Wildman–Crippen MR) is 204 cm³/mol. The predicted octanol–water partition coefficient (Wildman–Crippen LogP) is 7.13. The van der Waals surface area contributed by atoms with Gasteiger partial charge in [0.1, 0.15) is 5.82 Å². The smallest absolute Gasteiger partial charge is 0.331 e. The lowest BCUT2D eigenvalue weighted by molar-refractivity contribution is -0.144. The maximum Gasteiger partial charge on any atom is 0.331 e. The van der Waals surface area contributed by atoms with E-state index in [-0.39, 0.29) is 18.3 Å². The standard InChI is InChI=1S/C21H22Br2Cl2N4O2.C14H19N3O/c1-28(2)6-3-7-29-18-10-16(25)15(24)9-17(18)27-19(29)21(26,20(30)31)11-12-4-5-13(22)14(23)8-12;18-14-16-13-4-2-1-3-11(13)7-10-17(14)12-5-8-15-9-6-12/h4-5,8-10H,3,6-7,11,26H2,1-2H3,(H,30,31);1-4,12,15H,5-10H2,(H,16,18). The molecule has 262 valence electrons. The van der Waals surface area contributed by atoms with Gasteiger partial charge in [-0.25, -0.2) is 14.6 Å². The molecule has 0 bridgehead atoms. The van der Waals surface area contributed by atoms with Crippen LogP contribution in [0.2, 0.25) is 10.0 Å². The Morgan fingerprint density at radius 2 is 1.80 bits per heavy atom. The van der Waals surface area contributed by atoms with Crippen LogP contribution in [0.4, 0.5) is 10.5 Å². The lowest BCUT2D eigenvalue weighted by atomic mass is 9.90. The van der Waals surface area contributed by atoms with Crippen LogP contribution in [-0.4, -0.2) is 82.8 Å². The number of imidazole rings is 1. The van der Waals surface area contributed by atoms with Gasteiger partial charge in [-0.1, -0.05) is 47.5 Å². The second-order valence-electron chi connectivity index (χ2n) is 12.7. The van der Waals surface area contributed by atoms with Gasteiger partial charge in [0, 0.05) is 40.2 Å². The Balaban J connectivity index is 0.000000219. The maximum absolute atomic E-state index is 12.5. The van der Waals surface area contributed by atoms with Gasteiger partial charge < -0.3 is 35.8 Å². The fraction of sp³-hybridized carbons (Fsp3) is 0.400. The fourth-order valence-corrected chi connectivity index (χ4v) is 7.30. The minimum atomic E-state index is -1.75. The van der Waals surface area contributed by atoms with E-state index in [1.165, 1.54) is 5.56 Å². The molecule has 1 unspecified atom stereocenters. The number of rotatable bonds is 9. The Bertz CT molecular complexity index is 1820. The molecule has 0 spiro atoms. The average Bonchev–Trinajstić information content (AvgIpc) is 3.31. The van der Waals surface area contributed by atoms with Crippen molar-refractivity contribution in [2.24, 2.45) is 5.73 Å². The van der Waals surface area contributed by atoms with Crippen molar-refractivity contribution in [3.05, 3.63) is 90.5 Å². The molecule has 3 heterocycles. The van der Waals surface area contributed by atoms with E-state index in [0.717, 1.165) is 72.1 Å². The van der Waals surface area contributed by atoms with E-state index in [4.69, 9.17) is 28.9 Å². The quantitative estimate of drug-likeness (QED) is 0.141.